The second-order valence-corrected chi connectivity index (χ2v) is 9.46. The molecule has 0 aliphatic carbocycles. The van der Waals surface area contributed by atoms with E-state index < -0.39 is 0 Å². The first kappa shape index (κ1) is 24.2. The number of hydrogen-bond donors (Lipinski definition) is 1. The van der Waals surface area contributed by atoms with E-state index in [1.165, 1.54) is 11.8 Å². The largest absolute Gasteiger partial charge is 0.493 e. The first-order chi connectivity index (χ1) is 15.5. The van der Waals surface area contributed by atoms with Crippen LogP contribution in [0.2, 0.25) is 5.02 Å². The van der Waals surface area contributed by atoms with Crippen molar-refractivity contribution in [3.63, 3.8) is 0 Å². The van der Waals surface area contributed by atoms with Gasteiger partial charge in [0, 0.05) is 9.92 Å². The van der Waals surface area contributed by atoms with Crippen molar-refractivity contribution in [1.29, 1.82) is 0 Å². The molecule has 1 N–H and O–H groups in total. The molecule has 0 saturated carbocycles. The standard InChI is InChI=1S/C24H22BrClN2O3S/c1-16(32-20-6-4-3-5-7-20)24(29)28-27-14-18-12-21(25)23(22(13-18)30-2)31-15-17-8-10-19(26)11-9-17/h3-14,16H,15H2,1-2H3,(H,28,29)/b27-14-/t16-/m1/s1. The second kappa shape index (κ2) is 11.9. The molecule has 0 bridgehead atoms. The van der Waals surface area contributed by atoms with Crippen molar-refractivity contribution in [2.24, 2.45) is 5.10 Å². The lowest BCUT2D eigenvalue weighted by molar-refractivity contribution is -0.120. The number of hydrogen-bond acceptors (Lipinski definition) is 5. The predicted octanol–water partition coefficient (Wildman–Crippen LogP) is 6.32. The monoisotopic (exact) mass is 532 g/mol. The average Bonchev–Trinajstić information content (AvgIpc) is 2.79. The second-order valence-electron chi connectivity index (χ2n) is 6.76. The highest BCUT2D eigenvalue weighted by atomic mass is 79.9. The Morgan fingerprint density at radius 2 is 1.91 bits per heavy atom. The topological polar surface area (TPSA) is 59.9 Å². The third kappa shape index (κ3) is 7.02. The molecule has 0 saturated heterocycles. The molecule has 3 aromatic rings. The molecule has 5 nitrogen and oxygen atoms in total. The highest BCUT2D eigenvalue weighted by Gasteiger charge is 2.14. The summed E-state index contributed by atoms with van der Waals surface area (Å²) < 4.78 is 12.1. The van der Waals surface area contributed by atoms with Crippen LogP contribution in [0, 0.1) is 0 Å². The first-order valence-electron chi connectivity index (χ1n) is 9.75. The van der Waals surface area contributed by atoms with Gasteiger partial charge in [0.25, 0.3) is 5.91 Å². The Kier molecular flexibility index (Phi) is 9.02. The molecular weight excluding hydrogens is 512 g/mol. The third-order valence-corrected chi connectivity index (χ3v) is 6.31. The molecule has 3 aromatic carbocycles. The zero-order valence-electron chi connectivity index (χ0n) is 17.5. The minimum atomic E-state index is -0.278. The SMILES string of the molecule is COc1cc(/C=N\NC(=O)[C@@H](C)Sc2ccccc2)cc(Br)c1OCc1ccc(Cl)cc1. The van der Waals surface area contributed by atoms with Crippen LogP contribution in [0.1, 0.15) is 18.1 Å². The summed E-state index contributed by atoms with van der Waals surface area (Å²) in [5, 5.41) is 4.48. The number of hydrazone groups is 1. The summed E-state index contributed by atoms with van der Waals surface area (Å²) in [6, 6.07) is 20.9. The maximum Gasteiger partial charge on any atom is 0.253 e. The van der Waals surface area contributed by atoms with E-state index in [2.05, 4.69) is 26.5 Å². The van der Waals surface area contributed by atoms with Gasteiger partial charge in [-0.15, -0.1) is 11.8 Å². The van der Waals surface area contributed by atoms with Gasteiger partial charge in [-0.1, -0.05) is 41.9 Å². The van der Waals surface area contributed by atoms with Crippen molar-refractivity contribution >= 4 is 51.4 Å². The van der Waals surface area contributed by atoms with E-state index >= 15 is 0 Å². The molecule has 8 heteroatoms. The van der Waals surface area contributed by atoms with Crippen LogP contribution >= 0.6 is 39.3 Å². The van der Waals surface area contributed by atoms with Gasteiger partial charge in [0.1, 0.15) is 6.61 Å². The zero-order chi connectivity index (χ0) is 22.9. The molecule has 32 heavy (non-hydrogen) atoms. The fourth-order valence-corrected chi connectivity index (χ4v) is 4.29. The van der Waals surface area contributed by atoms with Gasteiger partial charge in [-0.3, -0.25) is 4.79 Å². The molecule has 0 radical (unpaired) electrons. The van der Waals surface area contributed by atoms with Gasteiger partial charge in [-0.2, -0.15) is 5.10 Å². The van der Waals surface area contributed by atoms with Crippen LogP contribution in [0.25, 0.3) is 0 Å². The third-order valence-electron chi connectivity index (χ3n) is 4.36. The van der Waals surface area contributed by atoms with Crippen LogP contribution in [0.4, 0.5) is 0 Å². The van der Waals surface area contributed by atoms with Crippen molar-refractivity contribution in [3.8, 4) is 11.5 Å². The van der Waals surface area contributed by atoms with E-state index in [0.717, 1.165) is 16.0 Å². The van der Waals surface area contributed by atoms with Crippen LogP contribution in [-0.4, -0.2) is 24.5 Å². The lowest BCUT2D eigenvalue weighted by atomic mass is 10.2. The molecule has 1 amide bonds. The summed E-state index contributed by atoms with van der Waals surface area (Å²) in [5.74, 6) is 0.953. The van der Waals surface area contributed by atoms with Crippen LogP contribution in [0.3, 0.4) is 0 Å². The maximum absolute atomic E-state index is 12.3. The summed E-state index contributed by atoms with van der Waals surface area (Å²) in [5.41, 5.74) is 4.32. The summed E-state index contributed by atoms with van der Waals surface area (Å²) in [7, 11) is 1.57. The number of nitrogens with one attached hydrogen (secondary N) is 1. The fraction of sp³-hybridized carbons (Fsp3) is 0.167. The van der Waals surface area contributed by atoms with Gasteiger partial charge in [-0.25, -0.2) is 5.43 Å². The Bertz CT molecular complexity index is 1080. The van der Waals surface area contributed by atoms with Crippen LogP contribution in [-0.2, 0) is 11.4 Å². The van der Waals surface area contributed by atoms with Gasteiger partial charge in [-0.05, 0) is 70.4 Å². The lowest BCUT2D eigenvalue weighted by Gasteiger charge is -2.13. The number of rotatable bonds is 9. The molecule has 0 unspecified atom stereocenters. The number of nitrogens with zero attached hydrogens (tertiary/aromatic N) is 1. The molecule has 1 atom stereocenters. The van der Waals surface area contributed by atoms with E-state index in [0.29, 0.717) is 27.6 Å². The molecule has 0 fully saturated rings. The molecule has 3 rings (SSSR count). The van der Waals surface area contributed by atoms with Gasteiger partial charge in [0.2, 0.25) is 0 Å². The Morgan fingerprint density at radius 3 is 2.59 bits per heavy atom. The van der Waals surface area contributed by atoms with E-state index in [-0.39, 0.29) is 11.2 Å². The van der Waals surface area contributed by atoms with Crippen LogP contribution in [0.5, 0.6) is 11.5 Å². The number of ether oxygens (including phenoxy) is 2. The lowest BCUT2D eigenvalue weighted by Crippen LogP contribution is -2.26. The summed E-state index contributed by atoms with van der Waals surface area (Å²) in [6.07, 6.45) is 1.56. The number of carbonyl (C=O) groups excluding carboxylic acids is 1. The first-order valence-corrected chi connectivity index (χ1v) is 11.8. The minimum Gasteiger partial charge on any atom is -0.493 e. The fourth-order valence-electron chi connectivity index (χ4n) is 2.71. The summed E-state index contributed by atoms with van der Waals surface area (Å²) >= 11 is 10.9. The molecule has 0 aliphatic rings. The van der Waals surface area contributed by atoms with Gasteiger partial charge < -0.3 is 9.47 Å². The van der Waals surface area contributed by atoms with Crippen molar-refractivity contribution in [3.05, 3.63) is 87.4 Å². The molecule has 0 aromatic heterocycles. The number of halogens is 2. The highest BCUT2D eigenvalue weighted by molar-refractivity contribution is 9.10. The molecule has 0 heterocycles. The molecular formula is C24H22BrClN2O3S. The number of amides is 1. The zero-order valence-corrected chi connectivity index (χ0v) is 20.7. The van der Waals surface area contributed by atoms with Gasteiger partial charge >= 0.3 is 0 Å². The average molecular weight is 534 g/mol. The quantitative estimate of drug-likeness (QED) is 0.199. The van der Waals surface area contributed by atoms with E-state index in [9.17, 15) is 4.79 Å². The predicted molar refractivity (Wildman–Crippen MR) is 134 cm³/mol. The minimum absolute atomic E-state index is 0.177. The Morgan fingerprint density at radius 1 is 1.19 bits per heavy atom. The smallest absolute Gasteiger partial charge is 0.253 e. The number of carbonyl (C=O) groups is 1. The normalized spacial score (nSPS) is 11.9. The number of benzene rings is 3. The number of thioether (sulfide) groups is 1. The Balaban J connectivity index is 1.61. The molecule has 0 aliphatic heterocycles. The van der Waals surface area contributed by atoms with Crippen LogP contribution in [0.15, 0.2) is 81.2 Å². The molecule has 166 valence electrons. The highest BCUT2D eigenvalue weighted by Crippen LogP contribution is 2.37. The van der Waals surface area contributed by atoms with Gasteiger partial charge in [0.15, 0.2) is 11.5 Å². The Labute approximate surface area is 205 Å². The maximum atomic E-state index is 12.3. The van der Waals surface area contributed by atoms with Crippen molar-refractivity contribution in [1.82, 2.24) is 5.43 Å². The van der Waals surface area contributed by atoms with E-state index in [1.54, 1.807) is 19.4 Å². The molecule has 0 spiro atoms. The van der Waals surface area contributed by atoms with Gasteiger partial charge in [0.05, 0.1) is 23.0 Å². The van der Waals surface area contributed by atoms with Crippen LogP contribution < -0.4 is 14.9 Å². The number of methoxy groups -OCH3 is 1. The summed E-state index contributed by atoms with van der Waals surface area (Å²) in [6.45, 7) is 2.21. The van der Waals surface area contributed by atoms with Crippen molar-refractivity contribution in [2.75, 3.05) is 7.11 Å². The Hall–Kier alpha value is -2.48. The van der Waals surface area contributed by atoms with E-state index in [4.69, 9.17) is 21.1 Å². The van der Waals surface area contributed by atoms with Crippen molar-refractivity contribution in [2.45, 2.75) is 23.7 Å². The van der Waals surface area contributed by atoms with Crippen molar-refractivity contribution < 1.29 is 14.3 Å². The summed E-state index contributed by atoms with van der Waals surface area (Å²) in [4.78, 5) is 13.3. The van der Waals surface area contributed by atoms with E-state index in [1.807, 2.05) is 67.6 Å².